The van der Waals surface area contributed by atoms with E-state index in [0.717, 1.165) is 12.1 Å². The Labute approximate surface area is 142 Å². The number of hydrogen-bond acceptors (Lipinski definition) is 3. The van der Waals surface area contributed by atoms with Crippen molar-refractivity contribution in [3.05, 3.63) is 64.4 Å². The van der Waals surface area contributed by atoms with Gasteiger partial charge in [0.25, 0.3) is 5.91 Å². The van der Waals surface area contributed by atoms with E-state index in [4.69, 9.17) is 11.6 Å². The number of amides is 2. The van der Waals surface area contributed by atoms with Gasteiger partial charge in [0.15, 0.2) is 11.6 Å². The van der Waals surface area contributed by atoms with Crippen LogP contribution in [0.15, 0.2) is 36.5 Å². The first-order chi connectivity index (χ1) is 11.4. The Morgan fingerprint density at radius 1 is 1.21 bits per heavy atom. The molecule has 5 nitrogen and oxygen atoms in total. The summed E-state index contributed by atoms with van der Waals surface area (Å²) in [6.07, 6.45) is 1.38. The zero-order chi connectivity index (χ0) is 17.7. The number of pyridine rings is 1. The standard InChI is InChI=1S/C16H14ClF2N3O2/c1-9(10-2-3-12(18)13(19)6-10)22-15(23)8-21-16(24)14-7-11(17)4-5-20-14/h2-7,9H,8H2,1H3,(H,21,24)(H,22,23). The highest BCUT2D eigenvalue weighted by Gasteiger charge is 2.14. The van der Waals surface area contributed by atoms with Gasteiger partial charge in [-0.1, -0.05) is 17.7 Å². The smallest absolute Gasteiger partial charge is 0.270 e. The first-order valence-electron chi connectivity index (χ1n) is 7.01. The molecule has 0 radical (unpaired) electrons. The monoisotopic (exact) mass is 353 g/mol. The SMILES string of the molecule is CC(NC(=O)CNC(=O)c1cc(Cl)ccn1)c1ccc(F)c(F)c1. The van der Waals surface area contributed by atoms with Gasteiger partial charge in [-0.3, -0.25) is 14.6 Å². The van der Waals surface area contributed by atoms with Crippen LogP contribution in [0.25, 0.3) is 0 Å². The lowest BCUT2D eigenvalue weighted by molar-refractivity contribution is -0.120. The lowest BCUT2D eigenvalue weighted by Gasteiger charge is -2.15. The van der Waals surface area contributed by atoms with E-state index < -0.39 is 29.5 Å². The molecular formula is C16H14ClF2N3O2. The summed E-state index contributed by atoms with van der Waals surface area (Å²) < 4.78 is 26.1. The molecule has 0 fully saturated rings. The van der Waals surface area contributed by atoms with Crippen molar-refractivity contribution in [2.45, 2.75) is 13.0 Å². The van der Waals surface area contributed by atoms with Gasteiger partial charge in [-0.05, 0) is 36.8 Å². The van der Waals surface area contributed by atoms with Crippen LogP contribution < -0.4 is 10.6 Å². The van der Waals surface area contributed by atoms with Gasteiger partial charge >= 0.3 is 0 Å². The van der Waals surface area contributed by atoms with Crippen molar-refractivity contribution in [2.75, 3.05) is 6.54 Å². The van der Waals surface area contributed by atoms with Gasteiger partial charge in [0.1, 0.15) is 5.69 Å². The molecule has 2 rings (SSSR count). The van der Waals surface area contributed by atoms with E-state index in [-0.39, 0.29) is 12.2 Å². The Morgan fingerprint density at radius 3 is 2.62 bits per heavy atom. The van der Waals surface area contributed by atoms with E-state index in [1.54, 1.807) is 6.92 Å². The largest absolute Gasteiger partial charge is 0.348 e. The van der Waals surface area contributed by atoms with Gasteiger partial charge in [0, 0.05) is 11.2 Å². The minimum atomic E-state index is -0.992. The zero-order valence-electron chi connectivity index (χ0n) is 12.6. The summed E-state index contributed by atoms with van der Waals surface area (Å²) in [5, 5.41) is 5.32. The van der Waals surface area contributed by atoms with Crippen LogP contribution in [0, 0.1) is 11.6 Å². The van der Waals surface area contributed by atoms with Crippen molar-refractivity contribution < 1.29 is 18.4 Å². The lowest BCUT2D eigenvalue weighted by atomic mass is 10.1. The third-order valence-corrected chi connectivity index (χ3v) is 3.42. The van der Waals surface area contributed by atoms with Crippen molar-refractivity contribution >= 4 is 23.4 Å². The molecule has 0 saturated carbocycles. The second-order valence-electron chi connectivity index (χ2n) is 5.00. The zero-order valence-corrected chi connectivity index (χ0v) is 13.4. The maximum Gasteiger partial charge on any atom is 0.270 e. The summed E-state index contributed by atoms with van der Waals surface area (Å²) in [4.78, 5) is 27.5. The van der Waals surface area contributed by atoms with Crippen LogP contribution in [0.5, 0.6) is 0 Å². The molecular weight excluding hydrogens is 340 g/mol. The second-order valence-corrected chi connectivity index (χ2v) is 5.44. The van der Waals surface area contributed by atoms with Gasteiger partial charge in [0.05, 0.1) is 12.6 Å². The number of carbonyl (C=O) groups is 2. The predicted molar refractivity (Wildman–Crippen MR) is 84.5 cm³/mol. The molecule has 8 heteroatoms. The van der Waals surface area contributed by atoms with Gasteiger partial charge < -0.3 is 10.6 Å². The quantitative estimate of drug-likeness (QED) is 0.868. The number of benzene rings is 1. The molecule has 1 unspecified atom stereocenters. The average Bonchev–Trinajstić information content (AvgIpc) is 2.55. The molecule has 1 atom stereocenters. The number of aromatic nitrogens is 1. The first-order valence-corrected chi connectivity index (χ1v) is 7.38. The maximum absolute atomic E-state index is 13.2. The molecule has 1 aromatic carbocycles. The van der Waals surface area contributed by atoms with E-state index in [2.05, 4.69) is 15.6 Å². The molecule has 2 N–H and O–H groups in total. The van der Waals surface area contributed by atoms with Gasteiger partial charge in [0.2, 0.25) is 5.91 Å². The summed E-state index contributed by atoms with van der Waals surface area (Å²) in [5.74, 6) is -2.98. The van der Waals surface area contributed by atoms with Crippen molar-refractivity contribution in [3.8, 4) is 0 Å². The first kappa shape index (κ1) is 17.8. The number of nitrogens with zero attached hydrogens (tertiary/aromatic N) is 1. The van der Waals surface area contributed by atoms with Crippen molar-refractivity contribution in [1.82, 2.24) is 15.6 Å². The van der Waals surface area contributed by atoms with E-state index in [9.17, 15) is 18.4 Å². The minimum absolute atomic E-state index is 0.0870. The highest BCUT2D eigenvalue weighted by molar-refractivity contribution is 6.30. The fourth-order valence-corrected chi connectivity index (χ4v) is 2.10. The molecule has 1 heterocycles. The fraction of sp³-hybridized carbons (Fsp3) is 0.188. The third kappa shape index (κ3) is 4.73. The number of carbonyl (C=O) groups excluding carboxylic acids is 2. The molecule has 0 spiro atoms. The summed E-state index contributed by atoms with van der Waals surface area (Å²) >= 11 is 5.76. The maximum atomic E-state index is 13.2. The average molecular weight is 354 g/mol. The van der Waals surface area contributed by atoms with Crippen molar-refractivity contribution in [3.63, 3.8) is 0 Å². The van der Waals surface area contributed by atoms with Crippen molar-refractivity contribution in [2.24, 2.45) is 0 Å². The van der Waals surface area contributed by atoms with Gasteiger partial charge in [-0.15, -0.1) is 0 Å². The Balaban J connectivity index is 1.88. The number of rotatable bonds is 5. The highest BCUT2D eigenvalue weighted by atomic mass is 35.5. The van der Waals surface area contributed by atoms with Crippen LogP contribution in [-0.4, -0.2) is 23.3 Å². The van der Waals surface area contributed by atoms with Gasteiger partial charge in [-0.25, -0.2) is 8.78 Å². The molecule has 0 bridgehead atoms. The van der Waals surface area contributed by atoms with Crippen LogP contribution in [-0.2, 0) is 4.79 Å². The number of halogens is 3. The van der Waals surface area contributed by atoms with E-state index >= 15 is 0 Å². The normalized spacial score (nSPS) is 11.7. The van der Waals surface area contributed by atoms with Crippen LogP contribution in [0.1, 0.15) is 29.0 Å². The summed E-state index contributed by atoms with van der Waals surface area (Å²) in [6, 6.07) is 5.72. The number of nitrogens with one attached hydrogen (secondary N) is 2. The molecule has 2 aromatic rings. The molecule has 24 heavy (non-hydrogen) atoms. The topological polar surface area (TPSA) is 71.1 Å². The summed E-state index contributed by atoms with van der Waals surface area (Å²) in [7, 11) is 0. The molecule has 0 saturated heterocycles. The van der Waals surface area contributed by atoms with Crippen molar-refractivity contribution in [1.29, 1.82) is 0 Å². The molecule has 0 aliphatic heterocycles. The molecule has 126 valence electrons. The Kier molecular flexibility index (Phi) is 5.81. The molecule has 2 amide bonds. The molecule has 0 aliphatic rings. The Bertz CT molecular complexity index is 771. The third-order valence-electron chi connectivity index (χ3n) is 3.19. The summed E-state index contributed by atoms with van der Waals surface area (Å²) in [6.45, 7) is 1.33. The van der Waals surface area contributed by atoms with Crippen LogP contribution >= 0.6 is 11.6 Å². The number of hydrogen-bond donors (Lipinski definition) is 2. The van der Waals surface area contributed by atoms with Crippen LogP contribution in [0.3, 0.4) is 0 Å². The lowest BCUT2D eigenvalue weighted by Crippen LogP contribution is -2.38. The van der Waals surface area contributed by atoms with Crippen LogP contribution in [0.4, 0.5) is 8.78 Å². The Hall–Kier alpha value is -2.54. The van der Waals surface area contributed by atoms with Crippen LogP contribution in [0.2, 0.25) is 5.02 Å². The van der Waals surface area contributed by atoms with E-state index in [0.29, 0.717) is 10.6 Å². The van der Waals surface area contributed by atoms with Gasteiger partial charge in [-0.2, -0.15) is 0 Å². The Morgan fingerprint density at radius 2 is 1.96 bits per heavy atom. The van der Waals surface area contributed by atoms with E-state index in [1.807, 2.05) is 0 Å². The van der Waals surface area contributed by atoms with E-state index in [1.165, 1.54) is 24.4 Å². The fourth-order valence-electron chi connectivity index (χ4n) is 1.94. The molecule has 0 aliphatic carbocycles. The highest BCUT2D eigenvalue weighted by Crippen LogP contribution is 2.15. The summed E-state index contributed by atoms with van der Waals surface area (Å²) in [5.41, 5.74) is 0.494. The minimum Gasteiger partial charge on any atom is -0.348 e. The predicted octanol–water partition coefficient (Wildman–Crippen LogP) is 2.62. The second kappa shape index (κ2) is 7.83. The molecule has 1 aromatic heterocycles.